The summed E-state index contributed by atoms with van der Waals surface area (Å²) in [6.07, 6.45) is 2.47. The van der Waals surface area contributed by atoms with E-state index in [0.29, 0.717) is 10.7 Å². The Morgan fingerprint density at radius 2 is 2.17 bits per heavy atom. The lowest BCUT2D eigenvalue weighted by atomic mass is 10.1. The van der Waals surface area contributed by atoms with Gasteiger partial charge in [0.25, 0.3) is 5.91 Å². The van der Waals surface area contributed by atoms with Gasteiger partial charge in [0.2, 0.25) is 5.13 Å². The van der Waals surface area contributed by atoms with Crippen molar-refractivity contribution in [3.05, 3.63) is 64.8 Å². The van der Waals surface area contributed by atoms with E-state index in [2.05, 4.69) is 57.0 Å². The summed E-state index contributed by atoms with van der Waals surface area (Å²) in [6.45, 7) is 2.87. The summed E-state index contributed by atoms with van der Waals surface area (Å²) in [4.78, 5) is 16.3. The first-order valence-corrected chi connectivity index (χ1v) is 8.42. The highest BCUT2D eigenvalue weighted by molar-refractivity contribution is 7.13. The maximum absolute atomic E-state index is 12.0. The molecular weight excluding hydrogens is 322 g/mol. The fraction of sp³-hybridized carbons (Fsp3) is 0.176. The highest BCUT2D eigenvalue weighted by Crippen LogP contribution is 2.12. The molecule has 2 heterocycles. The number of hydrogen-bond acceptors (Lipinski definition) is 6. The quantitative estimate of drug-likeness (QED) is 0.721. The van der Waals surface area contributed by atoms with E-state index in [1.165, 1.54) is 22.5 Å². The van der Waals surface area contributed by atoms with Crippen LogP contribution in [0.4, 0.5) is 10.9 Å². The molecule has 2 aromatic heterocycles. The molecule has 3 aromatic rings. The number of anilines is 2. The number of aromatic nitrogens is 3. The fourth-order valence-corrected chi connectivity index (χ4v) is 2.67. The van der Waals surface area contributed by atoms with Gasteiger partial charge >= 0.3 is 0 Å². The summed E-state index contributed by atoms with van der Waals surface area (Å²) < 4.78 is 0. The minimum atomic E-state index is -0.245. The van der Waals surface area contributed by atoms with Crippen molar-refractivity contribution >= 4 is 28.2 Å². The van der Waals surface area contributed by atoms with Gasteiger partial charge in [0.1, 0.15) is 11.3 Å². The van der Waals surface area contributed by atoms with Gasteiger partial charge < -0.3 is 5.32 Å². The number of aryl methyl sites for hydroxylation is 1. The highest BCUT2D eigenvalue weighted by atomic mass is 32.1. The number of carbonyl (C=O) groups excluding carboxylic acids is 1. The zero-order valence-corrected chi connectivity index (χ0v) is 14.0. The molecule has 0 aliphatic heterocycles. The number of hydrogen-bond donors (Lipinski definition) is 2. The number of nitrogens with zero attached hydrogens (tertiary/aromatic N) is 3. The molecule has 122 valence electrons. The van der Waals surface area contributed by atoms with E-state index in [0.717, 1.165) is 18.8 Å². The minimum Gasteiger partial charge on any atom is -0.370 e. The van der Waals surface area contributed by atoms with E-state index in [-0.39, 0.29) is 5.91 Å². The third kappa shape index (κ3) is 4.36. The van der Waals surface area contributed by atoms with E-state index in [9.17, 15) is 4.79 Å². The van der Waals surface area contributed by atoms with Crippen molar-refractivity contribution in [3.8, 4) is 0 Å². The lowest BCUT2D eigenvalue weighted by Crippen LogP contribution is -2.13. The maximum Gasteiger partial charge on any atom is 0.259 e. The molecule has 7 heteroatoms. The number of rotatable bonds is 6. The Kier molecular flexibility index (Phi) is 5.12. The lowest BCUT2D eigenvalue weighted by molar-refractivity contribution is 0.102. The van der Waals surface area contributed by atoms with E-state index >= 15 is 0 Å². The van der Waals surface area contributed by atoms with Gasteiger partial charge in [0, 0.05) is 12.7 Å². The summed E-state index contributed by atoms with van der Waals surface area (Å²) in [7, 11) is 0. The van der Waals surface area contributed by atoms with Crippen molar-refractivity contribution in [1.29, 1.82) is 0 Å². The summed E-state index contributed by atoms with van der Waals surface area (Å²) >= 11 is 1.27. The molecule has 24 heavy (non-hydrogen) atoms. The number of carbonyl (C=O) groups is 1. The van der Waals surface area contributed by atoms with Gasteiger partial charge in [-0.05, 0) is 31.0 Å². The highest BCUT2D eigenvalue weighted by Gasteiger charge is 2.08. The van der Waals surface area contributed by atoms with Crippen LogP contribution < -0.4 is 10.6 Å². The molecule has 0 atom stereocenters. The second-order valence-corrected chi connectivity index (χ2v) is 6.13. The van der Waals surface area contributed by atoms with Crippen LogP contribution in [0.25, 0.3) is 0 Å². The van der Waals surface area contributed by atoms with Crippen LogP contribution in [0.1, 0.15) is 21.5 Å². The van der Waals surface area contributed by atoms with Crippen LogP contribution in [0.2, 0.25) is 0 Å². The van der Waals surface area contributed by atoms with Crippen LogP contribution in [-0.4, -0.2) is 27.6 Å². The van der Waals surface area contributed by atoms with Crippen LogP contribution in [0, 0.1) is 6.92 Å². The summed E-state index contributed by atoms with van der Waals surface area (Å²) in [5.74, 6) is 0.501. The Labute approximate surface area is 144 Å². The molecule has 6 nitrogen and oxygen atoms in total. The molecule has 0 fully saturated rings. The molecule has 0 unspecified atom stereocenters. The molecule has 0 radical (unpaired) electrons. The average molecular weight is 339 g/mol. The van der Waals surface area contributed by atoms with Crippen molar-refractivity contribution in [1.82, 2.24) is 15.2 Å². The average Bonchev–Trinajstić information content (AvgIpc) is 3.08. The van der Waals surface area contributed by atoms with Gasteiger partial charge in [0.15, 0.2) is 0 Å². The van der Waals surface area contributed by atoms with Crippen LogP contribution in [-0.2, 0) is 6.42 Å². The zero-order valence-electron chi connectivity index (χ0n) is 13.2. The van der Waals surface area contributed by atoms with Gasteiger partial charge in [-0.25, -0.2) is 4.98 Å². The van der Waals surface area contributed by atoms with E-state index in [1.54, 1.807) is 23.8 Å². The van der Waals surface area contributed by atoms with Crippen LogP contribution in [0.3, 0.4) is 0 Å². The summed E-state index contributed by atoms with van der Waals surface area (Å²) in [6, 6.07) is 12.0. The number of amides is 1. The van der Waals surface area contributed by atoms with Gasteiger partial charge in [0.05, 0.1) is 5.56 Å². The first kappa shape index (κ1) is 16.1. The normalized spacial score (nSPS) is 10.4. The van der Waals surface area contributed by atoms with E-state index < -0.39 is 0 Å². The lowest BCUT2D eigenvalue weighted by Gasteiger charge is -2.07. The summed E-state index contributed by atoms with van der Waals surface area (Å²) in [5.41, 5.74) is 4.59. The van der Waals surface area contributed by atoms with E-state index in [1.807, 2.05) is 0 Å². The van der Waals surface area contributed by atoms with Crippen LogP contribution in [0.5, 0.6) is 0 Å². The van der Waals surface area contributed by atoms with Crippen LogP contribution >= 0.6 is 11.3 Å². The van der Waals surface area contributed by atoms with Crippen molar-refractivity contribution < 1.29 is 4.79 Å². The monoisotopic (exact) mass is 339 g/mol. The molecule has 1 aromatic carbocycles. The van der Waals surface area contributed by atoms with Gasteiger partial charge in [-0.1, -0.05) is 41.2 Å². The molecule has 0 saturated carbocycles. The Morgan fingerprint density at radius 1 is 1.25 bits per heavy atom. The first-order chi connectivity index (χ1) is 11.7. The van der Waals surface area contributed by atoms with Crippen molar-refractivity contribution in [3.63, 3.8) is 0 Å². The molecular formula is C17H17N5OS. The molecule has 0 bridgehead atoms. The number of nitrogens with one attached hydrogen (secondary N) is 2. The number of benzene rings is 1. The topological polar surface area (TPSA) is 79.8 Å². The van der Waals surface area contributed by atoms with Gasteiger partial charge in [-0.3, -0.25) is 10.1 Å². The predicted octanol–water partition coefficient (Wildman–Crippen LogP) is 3.15. The third-order valence-electron chi connectivity index (χ3n) is 3.41. The fourth-order valence-electron chi connectivity index (χ4n) is 2.23. The molecule has 2 N–H and O–H groups in total. The molecule has 3 rings (SSSR count). The Bertz CT molecular complexity index is 802. The predicted molar refractivity (Wildman–Crippen MR) is 95.5 cm³/mol. The third-order valence-corrected chi connectivity index (χ3v) is 4.02. The molecule has 0 aliphatic rings. The van der Waals surface area contributed by atoms with Crippen molar-refractivity contribution in [2.45, 2.75) is 13.3 Å². The van der Waals surface area contributed by atoms with E-state index in [4.69, 9.17) is 0 Å². The standard InChI is InChI=1S/C17H17N5OS/c1-12-3-2-4-13(9-12)7-8-18-15-6-5-14(10-19-15)16(23)21-17-22-20-11-24-17/h2-6,9-11H,7-8H2,1H3,(H,18,19)(H,21,22,23). The molecule has 0 aliphatic carbocycles. The van der Waals surface area contributed by atoms with Crippen molar-refractivity contribution in [2.24, 2.45) is 0 Å². The summed E-state index contributed by atoms with van der Waals surface area (Å²) in [5, 5.41) is 13.9. The van der Waals surface area contributed by atoms with Crippen molar-refractivity contribution in [2.75, 3.05) is 17.2 Å². The SMILES string of the molecule is Cc1cccc(CCNc2ccc(C(=O)Nc3nncs3)cn2)c1. The number of pyridine rings is 1. The van der Waals surface area contributed by atoms with Crippen LogP contribution in [0.15, 0.2) is 48.1 Å². The van der Waals surface area contributed by atoms with Gasteiger partial charge in [-0.2, -0.15) is 0 Å². The molecule has 0 spiro atoms. The molecule has 0 saturated heterocycles. The second kappa shape index (κ2) is 7.65. The smallest absolute Gasteiger partial charge is 0.259 e. The largest absolute Gasteiger partial charge is 0.370 e. The second-order valence-electron chi connectivity index (χ2n) is 5.30. The molecule has 1 amide bonds. The Morgan fingerprint density at radius 3 is 2.88 bits per heavy atom. The minimum absolute atomic E-state index is 0.245. The maximum atomic E-state index is 12.0. The Balaban J connectivity index is 1.52. The van der Waals surface area contributed by atoms with Gasteiger partial charge in [-0.15, -0.1) is 10.2 Å². The zero-order chi connectivity index (χ0) is 16.8. The Hall–Kier alpha value is -2.80. The first-order valence-electron chi connectivity index (χ1n) is 7.54.